The van der Waals surface area contributed by atoms with Crippen LogP contribution in [0, 0.1) is 0 Å². The lowest BCUT2D eigenvalue weighted by molar-refractivity contribution is 0.558. The minimum absolute atomic E-state index is 0.845. The van der Waals surface area contributed by atoms with Crippen LogP contribution in [0.2, 0.25) is 0 Å². The molecule has 0 aliphatic rings. The zero-order valence-corrected chi connectivity index (χ0v) is 80.7. The maximum absolute atomic E-state index is 5.01. The van der Waals surface area contributed by atoms with Gasteiger partial charge in [-0.3, -0.25) is 15.1 Å². The van der Waals surface area contributed by atoms with Crippen LogP contribution in [0.1, 0.15) is 208 Å². The summed E-state index contributed by atoms with van der Waals surface area (Å²) in [5.74, 6) is 0. The number of oxazole rings is 2. The molecule has 0 atom stereocenters. The van der Waals surface area contributed by atoms with E-state index in [4.69, 9.17) is 4.42 Å². The predicted molar refractivity (Wildman–Crippen MR) is 525 cm³/mol. The Bertz CT molecular complexity index is 3220. The Labute approximate surface area is 734 Å². The third-order valence-electron chi connectivity index (χ3n) is 9.39. The van der Waals surface area contributed by atoms with E-state index < -0.39 is 0 Å². The highest BCUT2D eigenvalue weighted by molar-refractivity contribution is 7.17. The van der Waals surface area contributed by atoms with Crippen LogP contribution in [0.15, 0.2) is 354 Å². The van der Waals surface area contributed by atoms with Crippen molar-refractivity contribution in [2.45, 2.75) is 208 Å². The van der Waals surface area contributed by atoms with E-state index in [0.717, 1.165) is 27.6 Å². The van der Waals surface area contributed by atoms with Crippen LogP contribution in [-0.2, 0) is 0 Å². The number of aromatic amines is 4. The zero-order valence-electron chi connectivity index (χ0n) is 77.5. The molecule has 21 nitrogen and oxygen atoms in total. The summed E-state index contributed by atoms with van der Waals surface area (Å²) in [7, 11) is 0. The largest absolute Gasteiger partial charge is 0.473 e. The molecule has 4 N–H and O–H groups in total. The first-order valence-electron chi connectivity index (χ1n) is 41.2. The van der Waals surface area contributed by atoms with Gasteiger partial charge in [0, 0.05) is 65.9 Å². The van der Waals surface area contributed by atoms with Gasteiger partial charge in [-0.2, -0.15) is 16.4 Å². The Morgan fingerprint density at radius 2 is 0.807 bits per heavy atom. The van der Waals surface area contributed by atoms with Gasteiger partial charge in [0.15, 0.2) is 18.4 Å². The number of rotatable bonds is 0. The number of nitrogens with one attached hydrogen (secondary N) is 4. The van der Waals surface area contributed by atoms with E-state index >= 15 is 0 Å². The molecule has 0 aliphatic carbocycles. The van der Waals surface area contributed by atoms with Gasteiger partial charge in [-0.15, -0.1) is 34.0 Å². The van der Waals surface area contributed by atoms with Gasteiger partial charge in [0.25, 0.3) is 0 Å². The number of para-hydroxylation sites is 5. The Morgan fingerprint density at radius 1 is 0.277 bits per heavy atom. The maximum atomic E-state index is 5.01. The lowest BCUT2D eigenvalue weighted by atomic mass is 10.3. The summed E-state index contributed by atoms with van der Waals surface area (Å²) in [6.45, 7) is 60.0. The summed E-state index contributed by atoms with van der Waals surface area (Å²) in [6, 6.07) is 53.4. The molecule has 0 radical (unpaired) electrons. The summed E-state index contributed by atoms with van der Waals surface area (Å²) < 4.78 is 16.7. The average molecular weight is 1710 g/mol. The molecule has 119 heavy (non-hydrogen) atoms. The number of thiophene rings is 2. The van der Waals surface area contributed by atoms with Crippen molar-refractivity contribution in [3.05, 3.63) is 340 Å². The summed E-state index contributed by atoms with van der Waals surface area (Å²) in [5.41, 5.74) is 8.64. The summed E-state index contributed by atoms with van der Waals surface area (Å²) >= 11 is 6.78. The van der Waals surface area contributed by atoms with Crippen LogP contribution >= 0.6 is 45.3 Å². The van der Waals surface area contributed by atoms with Crippen molar-refractivity contribution in [3.63, 3.8) is 0 Å². The molecule has 14 aromatic heterocycles. The van der Waals surface area contributed by atoms with E-state index in [2.05, 4.69) is 141 Å². The van der Waals surface area contributed by atoms with Gasteiger partial charge < -0.3 is 28.2 Å². The highest BCUT2D eigenvalue weighted by Crippen LogP contribution is 2.19. The van der Waals surface area contributed by atoms with Crippen molar-refractivity contribution in [1.82, 2.24) is 89.9 Å². The quantitative estimate of drug-likeness (QED) is 0.110. The van der Waals surface area contributed by atoms with Gasteiger partial charge in [-0.05, 0) is 113 Å². The minimum atomic E-state index is 0.845. The SMILES string of the molecule is CC.CC.CC.CC.CC.CC.CC.CC.CC.CC.CC.CC.CC.CC.CC.c1c[nH]cn1.c1cc[nH]c1.c1ccc2[nH]cnc2c1.c1ccc2ocnc2c1.c1ccc2sccc2c1.c1ccc2scnc2c1.c1ccncc1.c1ccoc1.c1ccsc1.c1cncnc1.c1cocn1.c1cscn1.c1nc[nH]n1.c1ncncn1. The van der Waals surface area contributed by atoms with Crippen LogP contribution in [-0.4, -0.2) is 89.9 Å². The Balaban J connectivity index is -0.000000115. The molecule has 4 aromatic carbocycles. The Hall–Kier alpha value is -11.6. The first-order valence-corrected chi connectivity index (χ1v) is 44.9. The van der Waals surface area contributed by atoms with Crippen molar-refractivity contribution in [2.75, 3.05) is 0 Å². The lowest BCUT2D eigenvalue weighted by Gasteiger charge is -1.82. The number of benzene rings is 4. The van der Waals surface area contributed by atoms with Crippen LogP contribution in [0.4, 0.5) is 0 Å². The summed E-state index contributed by atoms with van der Waals surface area (Å²) in [6.07, 6.45) is 37.1. The molecule has 0 amide bonds. The molecule has 0 bridgehead atoms. The fourth-order valence-electron chi connectivity index (χ4n) is 5.63. The van der Waals surface area contributed by atoms with Gasteiger partial charge in [0.2, 0.25) is 0 Å². The first-order chi connectivity index (χ1) is 59.4. The fourth-order valence-corrected chi connectivity index (χ4v) is 7.90. The monoisotopic (exact) mass is 1710 g/mol. The van der Waals surface area contributed by atoms with Crippen molar-refractivity contribution >= 4 is 87.8 Å². The number of thiazole rings is 2. The van der Waals surface area contributed by atoms with Gasteiger partial charge in [0.05, 0.1) is 63.6 Å². The molecule has 25 heteroatoms. The molecule has 0 saturated carbocycles. The third kappa shape index (κ3) is 96.9. The average Bonchev–Trinajstić information content (AvgIpc) is 1.78. The van der Waals surface area contributed by atoms with Gasteiger partial charge in [-0.25, -0.2) is 54.8 Å². The first kappa shape index (κ1) is 131. The highest BCUT2D eigenvalue weighted by Gasteiger charge is 1.92. The predicted octanol–water partition coefficient (Wildman–Crippen LogP) is 31.5. The van der Waals surface area contributed by atoms with Crippen molar-refractivity contribution < 1.29 is 13.3 Å². The molecule has 0 saturated heterocycles. The molecule has 18 rings (SSSR count). The van der Waals surface area contributed by atoms with Crippen molar-refractivity contribution in [1.29, 1.82) is 0 Å². The number of hydrogen-bond acceptors (Lipinski definition) is 21. The number of H-pyrrole nitrogens is 4. The zero-order chi connectivity index (χ0) is 91.9. The molecule has 18 aromatic rings. The van der Waals surface area contributed by atoms with Crippen LogP contribution in [0.25, 0.3) is 42.4 Å². The van der Waals surface area contributed by atoms with Gasteiger partial charge >= 0.3 is 0 Å². The molecule has 0 aliphatic heterocycles. The van der Waals surface area contributed by atoms with E-state index in [9.17, 15) is 0 Å². The van der Waals surface area contributed by atoms with E-state index in [-0.39, 0.29) is 0 Å². The third-order valence-corrected chi connectivity index (χ3v) is 12.2. The van der Waals surface area contributed by atoms with E-state index in [0.29, 0.717) is 0 Å². The summed E-state index contributed by atoms with van der Waals surface area (Å²) in [5, 5.41) is 15.5. The highest BCUT2D eigenvalue weighted by atomic mass is 32.1. The number of fused-ring (bicyclic) bond motifs is 4. The number of hydrogen-bond donors (Lipinski definition) is 4. The minimum Gasteiger partial charge on any atom is -0.473 e. The number of aromatic nitrogens is 18. The van der Waals surface area contributed by atoms with Crippen LogP contribution in [0.5, 0.6) is 0 Å². The smallest absolute Gasteiger partial charge is 0.181 e. The second-order valence-corrected chi connectivity index (χ2v) is 18.9. The molecule has 658 valence electrons. The molecule has 14 heterocycles. The fraction of sp³-hybridized carbons (Fsp3) is 0.319. The standard InChI is InChI=1S/C8H6S.C7H6N2.C7H5NO.C7H5NS.C5H5N.C4H4N2.C4H5N.C4H4O.C4H4S.C3H3N3.C3H4N2.C3H3NO.C3H3NS.C2H3N3.15C2H6/c1-2-4-8-7(3-1)5-6-9-8;3*1-2-4-7-6(3-1)8-5-9-7;1-2-4-6-5-3-1;1-2-5-4-6-3-1;3*1-2-4-5-3-1;1-4-2-6-3-5-1;3*1-2-5-3-4-1;1-3-2-5-4-1;15*1-2/h1-6H;1-5H,(H,8,9);2*1-5H;1-5H;1-4H;1-5H;2*1-4H;1-3H;1-3H,(H,4,5);2*1-3H;1-2H,(H,3,4,5);15*1-2H3. The number of pyridine rings is 1. The van der Waals surface area contributed by atoms with Crippen molar-refractivity contribution in [3.8, 4) is 0 Å². The number of nitrogens with zero attached hydrogens (tertiary/aromatic N) is 14. The Morgan fingerprint density at radius 3 is 1.13 bits per heavy atom. The van der Waals surface area contributed by atoms with E-state index in [1.54, 1.807) is 132 Å². The molecular weight excluding hydrogens is 1560 g/mol. The molecule has 0 fully saturated rings. The number of imidazole rings is 2. The molecule has 0 unspecified atom stereocenters. The second kappa shape index (κ2) is 135. The van der Waals surface area contributed by atoms with Crippen LogP contribution < -0.4 is 0 Å². The topological polar surface area (TPSA) is 283 Å². The van der Waals surface area contributed by atoms with E-state index in [1.807, 2.05) is 363 Å². The van der Waals surface area contributed by atoms with Crippen molar-refractivity contribution in [2.24, 2.45) is 0 Å². The normalized spacial score (nSPS) is 7.41. The van der Waals surface area contributed by atoms with Crippen LogP contribution in [0.3, 0.4) is 0 Å². The maximum Gasteiger partial charge on any atom is 0.181 e. The number of furan rings is 1. The molecule has 0 spiro atoms. The second-order valence-electron chi connectivity index (χ2n) is 15.5. The summed E-state index contributed by atoms with van der Waals surface area (Å²) in [4.78, 5) is 57.1. The molecular formula is C94H150N18O3S4. The van der Waals surface area contributed by atoms with E-state index in [1.165, 1.54) is 71.8 Å². The van der Waals surface area contributed by atoms with Gasteiger partial charge in [0.1, 0.15) is 49.7 Å². The Kier molecular flexibility index (Phi) is 149. The lowest BCUT2D eigenvalue weighted by Crippen LogP contribution is -1.73. The van der Waals surface area contributed by atoms with Gasteiger partial charge in [-0.1, -0.05) is 281 Å².